The van der Waals surface area contributed by atoms with Gasteiger partial charge in [0.2, 0.25) is 0 Å². The summed E-state index contributed by atoms with van der Waals surface area (Å²) in [6.07, 6.45) is 1.05. The lowest BCUT2D eigenvalue weighted by molar-refractivity contribution is 0.301. The zero-order chi connectivity index (χ0) is 10.8. The largest absolute Gasteiger partial charge is 0.488 e. The monoisotopic (exact) mass is 273 g/mol. The number of hydrogen-bond donors (Lipinski definition) is 1. The highest BCUT2D eigenvalue weighted by Crippen LogP contribution is 2.39. The van der Waals surface area contributed by atoms with E-state index in [1.54, 1.807) is 6.07 Å². The van der Waals surface area contributed by atoms with Crippen LogP contribution in [0, 0.1) is 5.82 Å². The van der Waals surface area contributed by atoms with Crippen LogP contribution in [0.4, 0.5) is 4.39 Å². The number of hydrogen-bond acceptors (Lipinski definition) is 2. The Hall–Kier alpha value is -0.610. The van der Waals surface area contributed by atoms with Gasteiger partial charge in [-0.05, 0) is 25.1 Å². The van der Waals surface area contributed by atoms with Crippen molar-refractivity contribution >= 4 is 15.9 Å². The van der Waals surface area contributed by atoms with Crippen molar-refractivity contribution in [2.24, 2.45) is 0 Å². The minimum atomic E-state index is -0.283. The van der Waals surface area contributed by atoms with Crippen LogP contribution in [0.3, 0.4) is 0 Å². The number of rotatable bonds is 3. The second kappa shape index (κ2) is 4.49. The van der Waals surface area contributed by atoms with Gasteiger partial charge >= 0.3 is 0 Å². The molecule has 2 nitrogen and oxygen atoms in total. The molecule has 15 heavy (non-hydrogen) atoms. The molecule has 0 fully saturated rings. The Bertz CT molecular complexity index is 370. The smallest absolute Gasteiger partial charge is 0.165 e. The fraction of sp³-hybridized carbons (Fsp3) is 0.455. The Balaban J connectivity index is 2.28. The molecule has 1 aliphatic heterocycles. The minimum absolute atomic E-state index is 0.102. The van der Waals surface area contributed by atoms with E-state index in [1.165, 1.54) is 6.07 Å². The first-order valence-electron chi connectivity index (χ1n) is 5.08. The molecule has 0 amide bonds. The number of nitrogens with one attached hydrogen (secondary N) is 1. The van der Waals surface area contributed by atoms with Gasteiger partial charge in [-0.15, -0.1) is 0 Å². The molecule has 1 unspecified atom stereocenters. The molecule has 0 saturated carbocycles. The van der Waals surface area contributed by atoms with E-state index < -0.39 is 0 Å². The highest BCUT2D eigenvalue weighted by molar-refractivity contribution is 9.10. The number of benzene rings is 1. The molecule has 1 aliphatic rings. The van der Waals surface area contributed by atoms with Gasteiger partial charge in [-0.3, -0.25) is 0 Å². The molecule has 0 bridgehead atoms. The van der Waals surface area contributed by atoms with Crippen molar-refractivity contribution in [1.29, 1.82) is 0 Å². The fourth-order valence-electron chi connectivity index (χ4n) is 1.75. The second-order valence-corrected chi connectivity index (χ2v) is 4.44. The molecule has 1 aromatic carbocycles. The first kappa shape index (κ1) is 10.9. The van der Waals surface area contributed by atoms with E-state index in [9.17, 15) is 4.39 Å². The maximum absolute atomic E-state index is 13.4. The molecule has 1 heterocycles. The minimum Gasteiger partial charge on any atom is -0.488 e. The molecular weight excluding hydrogens is 261 g/mol. The standard InChI is InChI=1S/C11H13BrFNO/c1-2-5-14-9-6-15-11-8(13)4-3-7(12)10(9)11/h3-4,9,14H,2,5-6H2,1H3. The van der Waals surface area contributed by atoms with Crippen LogP contribution in [-0.4, -0.2) is 13.2 Å². The predicted molar refractivity (Wildman–Crippen MR) is 60.6 cm³/mol. The van der Waals surface area contributed by atoms with Crippen molar-refractivity contribution in [3.05, 3.63) is 28.0 Å². The molecule has 1 N–H and O–H groups in total. The molecule has 0 aromatic heterocycles. The van der Waals surface area contributed by atoms with Crippen LogP contribution in [0.1, 0.15) is 24.9 Å². The van der Waals surface area contributed by atoms with E-state index in [1.807, 2.05) is 0 Å². The van der Waals surface area contributed by atoms with Gasteiger partial charge in [0.05, 0.1) is 6.04 Å². The molecule has 0 aliphatic carbocycles. The van der Waals surface area contributed by atoms with Crippen molar-refractivity contribution in [1.82, 2.24) is 5.32 Å². The average molecular weight is 274 g/mol. The maximum Gasteiger partial charge on any atom is 0.165 e. The van der Waals surface area contributed by atoms with Crippen LogP contribution in [-0.2, 0) is 0 Å². The van der Waals surface area contributed by atoms with E-state index >= 15 is 0 Å². The lowest BCUT2D eigenvalue weighted by atomic mass is 10.1. The van der Waals surface area contributed by atoms with Gasteiger partial charge in [0, 0.05) is 10.0 Å². The third-order valence-corrected chi connectivity index (χ3v) is 3.17. The Kier molecular flexibility index (Phi) is 3.26. The molecule has 0 spiro atoms. The van der Waals surface area contributed by atoms with Crippen molar-refractivity contribution < 1.29 is 9.13 Å². The Morgan fingerprint density at radius 1 is 1.60 bits per heavy atom. The van der Waals surface area contributed by atoms with Crippen LogP contribution in [0.5, 0.6) is 5.75 Å². The van der Waals surface area contributed by atoms with Crippen molar-refractivity contribution in [2.75, 3.05) is 13.2 Å². The Morgan fingerprint density at radius 2 is 2.40 bits per heavy atom. The van der Waals surface area contributed by atoms with E-state index in [4.69, 9.17) is 4.74 Å². The zero-order valence-electron chi connectivity index (χ0n) is 8.52. The molecule has 0 radical (unpaired) electrons. The molecular formula is C11H13BrFNO. The second-order valence-electron chi connectivity index (χ2n) is 3.59. The average Bonchev–Trinajstić information content (AvgIpc) is 2.65. The molecule has 82 valence electrons. The van der Waals surface area contributed by atoms with Gasteiger partial charge < -0.3 is 10.1 Å². The summed E-state index contributed by atoms with van der Waals surface area (Å²) in [6, 6.07) is 3.25. The van der Waals surface area contributed by atoms with Crippen molar-refractivity contribution in [3.63, 3.8) is 0 Å². The summed E-state index contributed by atoms with van der Waals surface area (Å²) in [7, 11) is 0. The summed E-state index contributed by atoms with van der Waals surface area (Å²) in [4.78, 5) is 0. The lowest BCUT2D eigenvalue weighted by Crippen LogP contribution is -2.23. The molecule has 1 aromatic rings. The third kappa shape index (κ3) is 2.01. The summed E-state index contributed by atoms with van der Waals surface area (Å²) < 4.78 is 19.7. The first-order chi connectivity index (χ1) is 7.24. The van der Waals surface area contributed by atoms with Gasteiger partial charge in [0.15, 0.2) is 11.6 Å². The Labute approximate surface area is 96.9 Å². The van der Waals surface area contributed by atoms with Crippen LogP contribution in [0.25, 0.3) is 0 Å². The maximum atomic E-state index is 13.4. The van der Waals surface area contributed by atoms with Gasteiger partial charge in [-0.2, -0.15) is 0 Å². The van der Waals surface area contributed by atoms with Gasteiger partial charge in [-0.1, -0.05) is 22.9 Å². The van der Waals surface area contributed by atoms with Crippen LogP contribution >= 0.6 is 15.9 Å². The van der Waals surface area contributed by atoms with Gasteiger partial charge in [0.25, 0.3) is 0 Å². The van der Waals surface area contributed by atoms with Crippen LogP contribution in [0.15, 0.2) is 16.6 Å². The number of fused-ring (bicyclic) bond motifs is 1. The number of halogens is 2. The van der Waals surface area contributed by atoms with E-state index in [0.717, 1.165) is 23.0 Å². The third-order valence-electron chi connectivity index (χ3n) is 2.48. The van der Waals surface area contributed by atoms with Crippen molar-refractivity contribution in [2.45, 2.75) is 19.4 Å². The summed E-state index contributed by atoms with van der Waals surface area (Å²) in [6.45, 7) is 3.52. The highest BCUT2D eigenvalue weighted by Gasteiger charge is 2.28. The van der Waals surface area contributed by atoms with Crippen LogP contribution < -0.4 is 10.1 Å². The zero-order valence-corrected chi connectivity index (χ0v) is 10.1. The molecule has 2 rings (SSSR count). The summed E-state index contributed by atoms with van der Waals surface area (Å²) in [5.74, 6) is 0.104. The highest BCUT2D eigenvalue weighted by atomic mass is 79.9. The Morgan fingerprint density at radius 3 is 3.13 bits per heavy atom. The van der Waals surface area contributed by atoms with Gasteiger partial charge in [0.1, 0.15) is 6.61 Å². The first-order valence-corrected chi connectivity index (χ1v) is 5.87. The lowest BCUT2D eigenvalue weighted by Gasteiger charge is -2.11. The van der Waals surface area contributed by atoms with E-state index in [-0.39, 0.29) is 11.9 Å². The quantitative estimate of drug-likeness (QED) is 0.914. The molecule has 1 atom stereocenters. The summed E-state index contributed by atoms with van der Waals surface area (Å²) in [5.41, 5.74) is 0.906. The molecule has 4 heteroatoms. The normalized spacial score (nSPS) is 18.7. The number of ether oxygens (including phenoxy) is 1. The summed E-state index contributed by atoms with van der Waals surface area (Å²) >= 11 is 3.43. The van der Waals surface area contributed by atoms with Crippen molar-refractivity contribution in [3.8, 4) is 5.75 Å². The van der Waals surface area contributed by atoms with Crippen LogP contribution in [0.2, 0.25) is 0 Å². The topological polar surface area (TPSA) is 21.3 Å². The summed E-state index contributed by atoms with van der Waals surface area (Å²) in [5, 5.41) is 3.33. The van der Waals surface area contributed by atoms with E-state index in [2.05, 4.69) is 28.2 Å². The molecule has 0 saturated heterocycles. The predicted octanol–water partition coefficient (Wildman–Crippen LogP) is 3.02. The van der Waals surface area contributed by atoms with Gasteiger partial charge in [-0.25, -0.2) is 4.39 Å². The fourth-order valence-corrected chi connectivity index (χ4v) is 2.34. The SMILES string of the molecule is CCCNC1COc2c(F)ccc(Br)c21. The van der Waals surface area contributed by atoms with E-state index in [0.29, 0.717) is 12.4 Å².